The molecule has 0 saturated carbocycles. The van der Waals surface area contributed by atoms with E-state index in [9.17, 15) is 4.79 Å². The summed E-state index contributed by atoms with van der Waals surface area (Å²) in [5.41, 5.74) is 3.65. The number of nitrogens with zero attached hydrogens (tertiary/aromatic N) is 2. The van der Waals surface area contributed by atoms with Crippen molar-refractivity contribution in [1.29, 1.82) is 0 Å². The monoisotopic (exact) mass is 442 g/mol. The number of ether oxygens (including phenoxy) is 1. The Kier molecular flexibility index (Phi) is 4.96. The van der Waals surface area contributed by atoms with E-state index in [1.807, 2.05) is 54.2 Å². The van der Waals surface area contributed by atoms with Crippen LogP contribution in [0.4, 0.5) is 0 Å². The second-order valence-corrected chi connectivity index (χ2v) is 9.96. The van der Waals surface area contributed by atoms with Crippen molar-refractivity contribution in [1.82, 2.24) is 9.47 Å². The number of thioether (sulfide) groups is 1. The normalized spacial score (nSPS) is 18.7. The van der Waals surface area contributed by atoms with Gasteiger partial charge in [0, 0.05) is 47.8 Å². The lowest BCUT2D eigenvalue weighted by Gasteiger charge is -2.33. The highest BCUT2D eigenvalue weighted by Crippen LogP contribution is 2.38. The van der Waals surface area contributed by atoms with Crippen LogP contribution in [0.1, 0.15) is 21.6 Å². The van der Waals surface area contributed by atoms with Gasteiger partial charge in [0.25, 0.3) is 0 Å². The fourth-order valence-electron chi connectivity index (χ4n) is 5.26. The number of carbonyl (C=O) groups excluding carboxylic acids is 1. The second-order valence-electron chi connectivity index (χ2n) is 8.73. The number of aromatic nitrogens is 1. The summed E-state index contributed by atoms with van der Waals surface area (Å²) in [5.74, 6) is 3.37. The van der Waals surface area contributed by atoms with Crippen LogP contribution in [0.5, 0.6) is 5.75 Å². The van der Waals surface area contributed by atoms with E-state index in [0.29, 0.717) is 0 Å². The molecule has 3 aromatic carbocycles. The summed E-state index contributed by atoms with van der Waals surface area (Å²) in [5, 5.41) is 3.09. The minimum atomic E-state index is 0.0895. The van der Waals surface area contributed by atoms with Crippen LogP contribution < -0.4 is 4.74 Å². The smallest absolute Gasteiger partial charge is 0.196 e. The molecule has 1 saturated heterocycles. The van der Waals surface area contributed by atoms with Gasteiger partial charge in [0.15, 0.2) is 5.78 Å². The Morgan fingerprint density at radius 3 is 2.62 bits per heavy atom. The maximum atomic E-state index is 13.9. The summed E-state index contributed by atoms with van der Waals surface area (Å²) in [4.78, 5) is 16.4. The van der Waals surface area contributed by atoms with E-state index in [1.165, 1.54) is 11.5 Å². The number of benzene rings is 3. The van der Waals surface area contributed by atoms with Crippen LogP contribution in [-0.4, -0.2) is 52.5 Å². The van der Waals surface area contributed by atoms with Crippen LogP contribution in [0, 0.1) is 6.92 Å². The third kappa shape index (κ3) is 3.23. The van der Waals surface area contributed by atoms with Crippen molar-refractivity contribution >= 4 is 39.2 Å². The molecule has 4 aromatic rings. The number of fused-ring (bicyclic) bond motifs is 1. The van der Waals surface area contributed by atoms with Crippen molar-refractivity contribution in [2.75, 3.05) is 31.1 Å². The van der Waals surface area contributed by atoms with Crippen LogP contribution in [0.15, 0.2) is 60.7 Å². The van der Waals surface area contributed by atoms with E-state index in [0.717, 1.165) is 70.4 Å². The summed E-state index contributed by atoms with van der Waals surface area (Å²) < 4.78 is 8.77. The molecular formula is C27H26N2O2S. The SMILES string of the molecule is Cc1c(C(=O)c2cccc3ccccc23)c2cccc3c2n1CC(CN1CCSCC1)O3. The Morgan fingerprint density at radius 2 is 1.75 bits per heavy atom. The molecule has 4 nitrogen and oxygen atoms in total. The molecule has 1 aromatic heterocycles. The predicted molar refractivity (Wildman–Crippen MR) is 132 cm³/mol. The third-order valence-electron chi connectivity index (χ3n) is 6.81. The standard InChI is InChI=1S/C27H26N2O2S/c1-18-25(27(30)22-9-4-7-19-6-2-3-8-21(19)22)23-10-5-11-24-26(23)29(18)17-20(31-24)16-28-12-14-32-15-13-28/h2-11,20H,12-17H2,1H3. The number of hydrogen-bond donors (Lipinski definition) is 0. The largest absolute Gasteiger partial charge is 0.485 e. The molecule has 0 N–H and O–H groups in total. The van der Waals surface area contributed by atoms with Gasteiger partial charge in [0.2, 0.25) is 0 Å². The van der Waals surface area contributed by atoms with Crippen LogP contribution >= 0.6 is 11.8 Å². The topological polar surface area (TPSA) is 34.5 Å². The first-order valence-electron chi connectivity index (χ1n) is 11.3. The Labute approximate surface area is 192 Å². The van der Waals surface area contributed by atoms with Gasteiger partial charge >= 0.3 is 0 Å². The van der Waals surface area contributed by atoms with Crippen LogP contribution in [0.2, 0.25) is 0 Å². The first kappa shape index (κ1) is 19.9. The molecule has 0 bridgehead atoms. The van der Waals surface area contributed by atoms with Crippen molar-refractivity contribution in [2.45, 2.75) is 19.6 Å². The van der Waals surface area contributed by atoms with Gasteiger partial charge in [-0.2, -0.15) is 11.8 Å². The molecule has 162 valence electrons. The summed E-state index contributed by atoms with van der Waals surface area (Å²) >= 11 is 2.03. The highest BCUT2D eigenvalue weighted by atomic mass is 32.2. The molecule has 0 amide bonds. The summed E-state index contributed by atoms with van der Waals surface area (Å²) in [6.07, 6.45) is 0.0998. The molecule has 1 atom stereocenters. The first-order valence-corrected chi connectivity index (χ1v) is 12.5. The molecule has 0 spiro atoms. The summed E-state index contributed by atoms with van der Waals surface area (Å²) in [6, 6.07) is 20.2. The zero-order valence-corrected chi connectivity index (χ0v) is 19.0. The summed E-state index contributed by atoms with van der Waals surface area (Å²) in [7, 11) is 0. The Morgan fingerprint density at radius 1 is 1.00 bits per heavy atom. The van der Waals surface area contributed by atoms with Crippen LogP contribution in [0.3, 0.4) is 0 Å². The van der Waals surface area contributed by atoms with Gasteiger partial charge in [-0.3, -0.25) is 9.69 Å². The molecule has 1 fully saturated rings. The van der Waals surface area contributed by atoms with Gasteiger partial charge in [-0.1, -0.05) is 54.6 Å². The van der Waals surface area contributed by atoms with Gasteiger partial charge < -0.3 is 9.30 Å². The molecule has 1 unspecified atom stereocenters. The number of hydrogen-bond acceptors (Lipinski definition) is 4. The second kappa shape index (κ2) is 7.98. The van der Waals surface area contributed by atoms with E-state index < -0.39 is 0 Å². The number of ketones is 1. The summed E-state index contributed by atoms with van der Waals surface area (Å²) in [6.45, 7) is 6.04. The average Bonchev–Trinajstić information content (AvgIpc) is 3.11. The zero-order chi connectivity index (χ0) is 21.7. The average molecular weight is 443 g/mol. The Balaban J connectivity index is 1.42. The molecule has 6 rings (SSSR count). The molecule has 3 heterocycles. The fourth-order valence-corrected chi connectivity index (χ4v) is 6.23. The van der Waals surface area contributed by atoms with Gasteiger partial charge in [-0.25, -0.2) is 0 Å². The maximum absolute atomic E-state index is 13.9. The highest BCUT2D eigenvalue weighted by Gasteiger charge is 2.30. The van der Waals surface area contributed by atoms with Gasteiger partial charge in [-0.05, 0) is 23.8 Å². The van der Waals surface area contributed by atoms with E-state index in [2.05, 4.69) is 34.6 Å². The highest BCUT2D eigenvalue weighted by molar-refractivity contribution is 7.99. The minimum absolute atomic E-state index is 0.0895. The molecule has 2 aliphatic rings. The van der Waals surface area contributed by atoms with Crippen LogP contribution in [-0.2, 0) is 6.54 Å². The van der Waals surface area contributed by atoms with E-state index in [-0.39, 0.29) is 11.9 Å². The molecular weight excluding hydrogens is 416 g/mol. The lowest BCUT2D eigenvalue weighted by molar-refractivity contribution is 0.103. The van der Waals surface area contributed by atoms with Crippen molar-refractivity contribution in [3.05, 3.63) is 77.5 Å². The number of rotatable bonds is 4. The van der Waals surface area contributed by atoms with Crippen molar-refractivity contribution in [2.24, 2.45) is 0 Å². The fraction of sp³-hybridized carbons (Fsp3) is 0.296. The molecule has 32 heavy (non-hydrogen) atoms. The Hall–Kier alpha value is -2.76. The lowest BCUT2D eigenvalue weighted by Crippen LogP contribution is -2.43. The van der Waals surface area contributed by atoms with Gasteiger partial charge in [0.05, 0.1) is 17.6 Å². The molecule has 5 heteroatoms. The van der Waals surface area contributed by atoms with E-state index in [4.69, 9.17) is 4.74 Å². The number of carbonyl (C=O) groups is 1. The van der Waals surface area contributed by atoms with Crippen LogP contribution in [0.25, 0.3) is 21.7 Å². The minimum Gasteiger partial charge on any atom is -0.485 e. The zero-order valence-electron chi connectivity index (χ0n) is 18.2. The van der Waals surface area contributed by atoms with Crippen molar-refractivity contribution < 1.29 is 9.53 Å². The quantitative estimate of drug-likeness (QED) is 0.410. The molecule has 0 aliphatic carbocycles. The van der Waals surface area contributed by atoms with Gasteiger partial charge in [-0.15, -0.1) is 0 Å². The first-order chi connectivity index (χ1) is 15.7. The van der Waals surface area contributed by atoms with Crippen molar-refractivity contribution in [3.63, 3.8) is 0 Å². The van der Waals surface area contributed by atoms with E-state index >= 15 is 0 Å². The Bertz CT molecular complexity index is 1330. The predicted octanol–water partition coefficient (Wildman–Crippen LogP) is 5.14. The van der Waals surface area contributed by atoms with Crippen molar-refractivity contribution in [3.8, 4) is 5.75 Å². The van der Waals surface area contributed by atoms with E-state index in [1.54, 1.807) is 0 Å². The number of para-hydroxylation sites is 1. The molecule has 2 aliphatic heterocycles. The van der Waals surface area contributed by atoms with Gasteiger partial charge in [0.1, 0.15) is 11.9 Å². The molecule has 0 radical (unpaired) electrons. The maximum Gasteiger partial charge on any atom is 0.196 e. The third-order valence-corrected chi connectivity index (χ3v) is 7.75. The lowest BCUT2D eigenvalue weighted by atomic mass is 9.95.